The average molecular weight is 351 g/mol. The molecule has 1 N–H and O–H groups in total. The molecular formula is C20H31ClN2O. The maximum absolute atomic E-state index is 11.0. The third kappa shape index (κ3) is 5.15. The molecule has 1 saturated carbocycles. The van der Waals surface area contributed by atoms with Gasteiger partial charge < -0.3 is 5.11 Å². The number of aliphatic hydroxyl groups is 1. The molecule has 0 saturated heterocycles. The fraction of sp³-hybridized carbons (Fsp3) is 0.600. The zero-order valence-corrected chi connectivity index (χ0v) is 16.3. The Labute approximate surface area is 151 Å². The fourth-order valence-corrected chi connectivity index (χ4v) is 3.75. The number of rotatable bonds is 4. The van der Waals surface area contributed by atoms with Crippen LogP contribution < -0.4 is 0 Å². The van der Waals surface area contributed by atoms with Crippen LogP contribution in [0.3, 0.4) is 0 Å². The Balaban J connectivity index is 0.000000413. The summed E-state index contributed by atoms with van der Waals surface area (Å²) >= 11 is 5.91. The Morgan fingerprint density at radius 2 is 1.92 bits per heavy atom. The van der Waals surface area contributed by atoms with Crippen LogP contribution in [0.5, 0.6) is 0 Å². The van der Waals surface area contributed by atoms with E-state index in [9.17, 15) is 5.11 Å². The van der Waals surface area contributed by atoms with Crippen LogP contribution in [0.4, 0.5) is 0 Å². The molecule has 0 bridgehead atoms. The molecule has 0 radical (unpaired) electrons. The smallest absolute Gasteiger partial charge is 0.109 e. The highest BCUT2D eigenvalue weighted by Crippen LogP contribution is 2.52. The third-order valence-electron chi connectivity index (χ3n) is 5.23. The normalized spacial score (nSPS) is 25.9. The Hall–Kier alpha value is -1.19. The lowest BCUT2D eigenvalue weighted by Crippen LogP contribution is -2.45. The van der Waals surface area contributed by atoms with Crippen LogP contribution in [0.1, 0.15) is 52.5 Å². The second-order valence-corrected chi connectivity index (χ2v) is 7.45. The van der Waals surface area contributed by atoms with Gasteiger partial charge in [0.05, 0.1) is 5.60 Å². The molecule has 4 heteroatoms. The van der Waals surface area contributed by atoms with Crippen LogP contribution in [0.15, 0.2) is 34.3 Å². The van der Waals surface area contributed by atoms with E-state index in [1.807, 2.05) is 19.1 Å². The molecular weight excluding hydrogens is 320 g/mol. The van der Waals surface area contributed by atoms with Crippen molar-refractivity contribution in [2.45, 2.75) is 59.0 Å². The summed E-state index contributed by atoms with van der Waals surface area (Å²) in [6.07, 6.45) is 7.19. The van der Waals surface area contributed by atoms with E-state index in [0.717, 1.165) is 30.7 Å². The monoisotopic (exact) mass is 350 g/mol. The minimum absolute atomic E-state index is 0.0266. The van der Waals surface area contributed by atoms with Crippen molar-refractivity contribution in [2.75, 3.05) is 7.05 Å². The predicted molar refractivity (Wildman–Crippen MR) is 105 cm³/mol. The van der Waals surface area contributed by atoms with E-state index in [2.05, 4.69) is 42.9 Å². The van der Waals surface area contributed by atoms with Crippen molar-refractivity contribution in [3.63, 3.8) is 0 Å². The SMILES string of the molecule is CC=NC=NC.CC[C@]1(O)C(Cc2ccc(Cl)cc2)CCC1(C)C. The molecule has 24 heavy (non-hydrogen) atoms. The first-order valence-corrected chi connectivity index (χ1v) is 9.03. The average Bonchev–Trinajstić information content (AvgIpc) is 2.79. The van der Waals surface area contributed by atoms with Gasteiger partial charge in [0, 0.05) is 18.3 Å². The second kappa shape index (κ2) is 9.33. The van der Waals surface area contributed by atoms with E-state index in [-0.39, 0.29) is 5.41 Å². The van der Waals surface area contributed by atoms with Crippen LogP contribution in [0.2, 0.25) is 5.02 Å². The van der Waals surface area contributed by atoms with Gasteiger partial charge in [-0.3, -0.25) is 9.98 Å². The maximum Gasteiger partial charge on any atom is 0.109 e. The third-order valence-corrected chi connectivity index (χ3v) is 5.48. The van der Waals surface area contributed by atoms with E-state index < -0.39 is 5.60 Å². The Morgan fingerprint density at radius 3 is 2.38 bits per heavy atom. The summed E-state index contributed by atoms with van der Waals surface area (Å²) in [7, 11) is 1.69. The zero-order chi connectivity index (χ0) is 18.2. The second-order valence-electron chi connectivity index (χ2n) is 7.01. The standard InChI is InChI=1S/C16H23ClO.C4H8N2/c1-4-16(18)13(9-10-15(16,2)3)11-12-5-7-14(17)8-6-12;1-3-6-4-5-2/h5-8,13,18H,4,9-11H2,1-3H3;3-4H,1-2H3/t13?,16-;/m0./s1. The van der Waals surface area contributed by atoms with E-state index in [4.69, 9.17) is 11.6 Å². The molecule has 134 valence electrons. The Bertz CT molecular complexity index is 541. The van der Waals surface area contributed by atoms with Crippen molar-refractivity contribution in [2.24, 2.45) is 21.3 Å². The maximum atomic E-state index is 11.0. The van der Waals surface area contributed by atoms with E-state index >= 15 is 0 Å². The molecule has 0 aliphatic heterocycles. The highest BCUT2D eigenvalue weighted by atomic mass is 35.5. The molecule has 2 atom stereocenters. The van der Waals surface area contributed by atoms with Gasteiger partial charge in [-0.25, -0.2) is 0 Å². The minimum Gasteiger partial charge on any atom is -0.389 e. The van der Waals surface area contributed by atoms with Gasteiger partial charge in [0.25, 0.3) is 0 Å². The largest absolute Gasteiger partial charge is 0.389 e. The summed E-state index contributed by atoms with van der Waals surface area (Å²) in [4.78, 5) is 7.28. The molecule has 1 fully saturated rings. The lowest BCUT2D eigenvalue weighted by atomic mass is 9.71. The van der Waals surface area contributed by atoms with Gasteiger partial charge in [-0.05, 0) is 61.6 Å². The number of hydrogen-bond acceptors (Lipinski definition) is 2. The summed E-state index contributed by atoms with van der Waals surface area (Å²) in [5.41, 5.74) is 0.764. The Morgan fingerprint density at radius 1 is 1.29 bits per heavy atom. The van der Waals surface area contributed by atoms with Crippen molar-refractivity contribution in [1.29, 1.82) is 0 Å². The molecule has 1 aromatic rings. The quantitative estimate of drug-likeness (QED) is 0.589. The van der Waals surface area contributed by atoms with Crippen molar-refractivity contribution < 1.29 is 5.11 Å². The van der Waals surface area contributed by atoms with Gasteiger partial charge in [-0.15, -0.1) is 0 Å². The lowest BCUT2D eigenvalue weighted by Gasteiger charge is -2.40. The molecule has 1 aromatic carbocycles. The van der Waals surface area contributed by atoms with Crippen molar-refractivity contribution >= 4 is 24.2 Å². The van der Waals surface area contributed by atoms with Crippen LogP contribution in [-0.4, -0.2) is 30.3 Å². The van der Waals surface area contributed by atoms with Crippen molar-refractivity contribution in [3.8, 4) is 0 Å². The summed E-state index contributed by atoms with van der Waals surface area (Å²) in [6.45, 7) is 8.33. The van der Waals surface area contributed by atoms with Gasteiger partial charge in [0.2, 0.25) is 0 Å². The van der Waals surface area contributed by atoms with Gasteiger partial charge in [0.15, 0.2) is 0 Å². The van der Waals surface area contributed by atoms with Gasteiger partial charge >= 0.3 is 0 Å². The Kier molecular flexibility index (Phi) is 8.11. The lowest BCUT2D eigenvalue weighted by molar-refractivity contribution is -0.0784. The first-order valence-electron chi connectivity index (χ1n) is 8.66. The molecule has 1 aliphatic carbocycles. The number of aliphatic imine (C=N–C) groups is 2. The fourth-order valence-electron chi connectivity index (χ4n) is 3.62. The first-order chi connectivity index (χ1) is 11.3. The number of benzene rings is 1. The number of nitrogens with zero attached hydrogens (tertiary/aromatic N) is 2. The molecule has 0 spiro atoms. The predicted octanol–water partition coefficient (Wildman–Crippen LogP) is 5.20. The first kappa shape index (κ1) is 20.9. The van der Waals surface area contributed by atoms with Gasteiger partial charge in [-0.2, -0.15) is 0 Å². The highest BCUT2D eigenvalue weighted by molar-refractivity contribution is 6.30. The van der Waals surface area contributed by atoms with Crippen LogP contribution >= 0.6 is 11.6 Å². The van der Waals surface area contributed by atoms with E-state index in [1.165, 1.54) is 11.9 Å². The summed E-state index contributed by atoms with van der Waals surface area (Å²) in [5.74, 6) is 0.360. The van der Waals surface area contributed by atoms with E-state index in [1.54, 1.807) is 13.3 Å². The zero-order valence-electron chi connectivity index (χ0n) is 15.6. The van der Waals surface area contributed by atoms with Crippen molar-refractivity contribution in [3.05, 3.63) is 34.9 Å². The van der Waals surface area contributed by atoms with E-state index in [0.29, 0.717) is 5.92 Å². The van der Waals surface area contributed by atoms with Gasteiger partial charge in [0.1, 0.15) is 6.34 Å². The van der Waals surface area contributed by atoms with Crippen LogP contribution in [0, 0.1) is 11.3 Å². The summed E-state index contributed by atoms with van der Waals surface area (Å²) in [6, 6.07) is 8.01. The molecule has 1 unspecified atom stereocenters. The molecule has 3 nitrogen and oxygen atoms in total. The molecule has 0 heterocycles. The summed E-state index contributed by atoms with van der Waals surface area (Å²) in [5, 5.41) is 11.8. The topological polar surface area (TPSA) is 45.0 Å². The number of hydrogen-bond donors (Lipinski definition) is 1. The highest BCUT2D eigenvalue weighted by Gasteiger charge is 2.52. The molecule has 1 aliphatic rings. The molecule has 0 aromatic heterocycles. The molecule has 0 amide bonds. The van der Waals surface area contributed by atoms with Crippen LogP contribution in [0.25, 0.3) is 0 Å². The minimum atomic E-state index is -0.535. The number of halogens is 1. The molecule has 2 rings (SSSR count). The van der Waals surface area contributed by atoms with Gasteiger partial charge in [-0.1, -0.05) is 44.5 Å². The summed E-state index contributed by atoms with van der Waals surface area (Å²) < 4.78 is 0. The van der Waals surface area contributed by atoms with Crippen LogP contribution in [-0.2, 0) is 6.42 Å². The van der Waals surface area contributed by atoms with Crippen molar-refractivity contribution in [1.82, 2.24) is 0 Å².